The highest BCUT2D eigenvalue weighted by Gasteiger charge is 2.28. The van der Waals surface area contributed by atoms with E-state index >= 15 is 0 Å². The van der Waals surface area contributed by atoms with Crippen molar-refractivity contribution >= 4 is 17.6 Å². The second-order valence-corrected chi connectivity index (χ2v) is 7.41. The summed E-state index contributed by atoms with van der Waals surface area (Å²) in [6.45, 7) is 0.530. The van der Waals surface area contributed by atoms with Gasteiger partial charge >= 0.3 is 6.03 Å². The predicted molar refractivity (Wildman–Crippen MR) is 113 cm³/mol. The summed E-state index contributed by atoms with van der Waals surface area (Å²) in [6, 6.07) is 14.9. The van der Waals surface area contributed by atoms with Gasteiger partial charge in [0.15, 0.2) is 0 Å². The smallest absolute Gasteiger partial charge is 0.315 e. The van der Waals surface area contributed by atoms with E-state index in [1.165, 1.54) is 24.3 Å². The van der Waals surface area contributed by atoms with E-state index in [0.717, 1.165) is 37.7 Å². The van der Waals surface area contributed by atoms with Gasteiger partial charge in [-0.25, -0.2) is 4.79 Å². The van der Waals surface area contributed by atoms with Crippen LogP contribution in [0.25, 0.3) is 0 Å². The van der Waals surface area contributed by atoms with Gasteiger partial charge in [0.25, 0.3) is 11.6 Å². The van der Waals surface area contributed by atoms with Gasteiger partial charge in [0.05, 0.1) is 11.0 Å². The summed E-state index contributed by atoms with van der Waals surface area (Å²) < 4.78 is 0. The molecule has 3 N–H and O–H groups in total. The van der Waals surface area contributed by atoms with Crippen molar-refractivity contribution < 1.29 is 14.5 Å². The van der Waals surface area contributed by atoms with Crippen LogP contribution in [0, 0.1) is 10.1 Å². The number of nitro groups is 1. The molecule has 0 spiro atoms. The third-order valence-electron chi connectivity index (χ3n) is 5.28. The second-order valence-electron chi connectivity index (χ2n) is 7.41. The van der Waals surface area contributed by atoms with Gasteiger partial charge in [-0.15, -0.1) is 0 Å². The fraction of sp³-hybridized carbons (Fsp3) is 0.364. The summed E-state index contributed by atoms with van der Waals surface area (Å²) in [5.74, 6) is -0.298. The molecule has 2 aromatic carbocycles. The largest absolute Gasteiger partial charge is 0.347 e. The molecule has 8 nitrogen and oxygen atoms in total. The predicted octanol–water partition coefficient (Wildman–Crippen LogP) is 3.18. The lowest BCUT2D eigenvalue weighted by atomic mass is 9.90. The molecule has 3 rings (SSSR count). The van der Waals surface area contributed by atoms with Crippen molar-refractivity contribution in [2.75, 3.05) is 6.54 Å². The maximum atomic E-state index is 12.5. The number of hydrogen-bond acceptors (Lipinski definition) is 4. The van der Waals surface area contributed by atoms with Crippen molar-refractivity contribution in [3.63, 3.8) is 0 Å². The Kier molecular flexibility index (Phi) is 7.37. The highest BCUT2D eigenvalue weighted by atomic mass is 16.6. The number of rotatable bonds is 7. The third kappa shape index (κ3) is 6.04. The normalized spacial score (nSPS) is 18.3. The lowest BCUT2D eigenvalue weighted by molar-refractivity contribution is -0.384. The first-order valence-corrected chi connectivity index (χ1v) is 10.2. The van der Waals surface area contributed by atoms with Crippen molar-refractivity contribution in [3.05, 3.63) is 75.8 Å². The SMILES string of the molecule is O=C(NCCc1ccccc1)NC1CCCCC1NC(=O)c1ccc([N+](=O)[O-])cc1. The Morgan fingerprint density at radius 2 is 1.57 bits per heavy atom. The van der Waals surface area contributed by atoms with E-state index in [9.17, 15) is 19.7 Å². The Morgan fingerprint density at radius 3 is 2.20 bits per heavy atom. The maximum Gasteiger partial charge on any atom is 0.315 e. The van der Waals surface area contributed by atoms with Crippen LogP contribution in [0.15, 0.2) is 54.6 Å². The average molecular weight is 410 g/mol. The van der Waals surface area contributed by atoms with Gasteiger partial charge in [0.1, 0.15) is 0 Å². The number of nitro benzene ring substituents is 1. The zero-order valence-electron chi connectivity index (χ0n) is 16.7. The topological polar surface area (TPSA) is 113 Å². The molecule has 1 aliphatic rings. The van der Waals surface area contributed by atoms with E-state index < -0.39 is 4.92 Å². The Hall–Kier alpha value is -3.42. The number of urea groups is 1. The van der Waals surface area contributed by atoms with Gasteiger partial charge in [-0.1, -0.05) is 43.2 Å². The highest BCUT2D eigenvalue weighted by molar-refractivity contribution is 5.94. The van der Waals surface area contributed by atoms with Crippen molar-refractivity contribution in [1.82, 2.24) is 16.0 Å². The van der Waals surface area contributed by atoms with Crippen LogP contribution in [0.3, 0.4) is 0 Å². The van der Waals surface area contributed by atoms with Gasteiger partial charge in [-0.3, -0.25) is 14.9 Å². The number of nitrogens with one attached hydrogen (secondary N) is 3. The number of non-ortho nitro benzene ring substituents is 1. The van der Waals surface area contributed by atoms with Crippen LogP contribution in [0.4, 0.5) is 10.5 Å². The molecule has 1 fully saturated rings. The lowest BCUT2D eigenvalue weighted by Crippen LogP contribution is -2.55. The first-order chi connectivity index (χ1) is 14.5. The van der Waals surface area contributed by atoms with Gasteiger partial charge in [0.2, 0.25) is 0 Å². The molecule has 0 aliphatic heterocycles. The molecule has 0 heterocycles. The minimum Gasteiger partial charge on any atom is -0.347 e. The van der Waals surface area contributed by atoms with Gasteiger partial charge in [-0.05, 0) is 37.0 Å². The fourth-order valence-electron chi connectivity index (χ4n) is 3.65. The van der Waals surface area contributed by atoms with E-state index in [4.69, 9.17) is 0 Å². The molecule has 0 saturated heterocycles. The number of carbonyl (C=O) groups is 2. The summed E-state index contributed by atoms with van der Waals surface area (Å²) in [4.78, 5) is 35.1. The standard InChI is InChI=1S/C22H26N4O4/c27-21(17-10-12-18(13-11-17)26(29)30)24-19-8-4-5-9-20(19)25-22(28)23-15-14-16-6-2-1-3-7-16/h1-3,6-7,10-13,19-20H,4-5,8-9,14-15H2,(H,24,27)(H2,23,25,28). The Bertz CT molecular complexity index is 870. The molecule has 0 aromatic heterocycles. The number of hydrogen-bond donors (Lipinski definition) is 3. The quantitative estimate of drug-likeness (QED) is 0.480. The molecule has 2 unspecified atom stereocenters. The summed E-state index contributed by atoms with van der Waals surface area (Å²) in [5, 5.41) is 19.6. The molecule has 1 saturated carbocycles. The van der Waals surface area contributed by atoms with Gasteiger partial charge < -0.3 is 16.0 Å². The Morgan fingerprint density at radius 1 is 0.933 bits per heavy atom. The van der Waals surface area contributed by atoms with Gasteiger partial charge in [0, 0.05) is 30.3 Å². The van der Waals surface area contributed by atoms with E-state index in [1.54, 1.807) is 0 Å². The van der Waals surface area contributed by atoms with Gasteiger partial charge in [-0.2, -0.15) is 0 Å². The second kappa shape index (κ2) is 10.4. The molecular formula is C22H26N4O4. The average Bonchev–Trinajstić information content (AvgIpc) is 2.76. The molecule has 2 atom stereocenters. The number of amides is 3. The minimum absolute atomic E-state index is 0.0593. The van der Waals surface area contributed by atoms with Crippen LogP contribution < -0.4 is 16.0 Å². The molecule has 3 amide bonds. The zero-order valence-corrected chi connectivity index (χ0v) is 16.7. The molecule has 0 bridgehead atoms. The molecular weight excluding hydrogens is 384 g/mol. The molecule has 2 aromatic rings. The summed E-state index contributed by atoms with van der Waals surface area (Å²) in [6.07, 6.45) is 4.27. The van der Waals surface area contributed by atoms with E-state index in [2.05, 4.69) is 16.0 Å². The van der Waals surface area contributed by atoms with Crippen molar-refractivity contribution in [1.29, 1.82) is 0 Å². The minimum atomic E-state index is -0.501. The number of carbonyl (C=O) groups excluding carboxylic acids is 2. The third-order valence-corrected chi connectivity index (χ3v) is 5.28. The highest BCUT2D eigenvalue weighted by Crippen LogP contribution is 2.20. The van der Waals surface area contributed by atoms with Crippen LogP contribution in [-0.4, -0.2) is 35.5 Å². The molecule has 158 valence electrons. The summed E-state index contributed by atoms with van der Waals surface area (Å²) in [5.41, 5.74) is 1.46. The maximum absolute atomic E-state index is 12.5. The van der Waals surface area contributed by atoms with Crippen LogP contribution in [-0.2, 0) is 6.42 Å². The lowest BCUT2D eigenvalue weighted by Gasteiger charge is -2.32. The molecule has 8 heteroatoms. The zero-order chi connectivity index (χ0) is 21.3. The monoisotopic (exact) mass is 410 g/mol. The van der Waals surface area contributed by atoms with E-state index in [0.29, 0.717) is 12.1 Å². The van der Waals surface area contributed by atoms with Crippen molar-refractivity contribution in [3.8, 4) is 0 Å². The molecule has 0 radical (unpaired) electrons. The molecule has 1 aliphatic carbocycles. The fourth-order valence-corrected chi connectivity index (χ4v) is 3.65. The van der Waals surface area contributed by atoms with Crippen LogP contribution in [0.1, 0.15) is 41.6 Å². The first kappa shape index (κ1) is 21.3. The van der Waals surface area contributed by atoms with Crippen molar-refractivity contribution in [2.24, 2.45) is 0 Å². The van der Waals surface area contributed by atoms with E-state index in [1.807, 2.05) is 30.3 Å². The van der Waals surface area contributed by atoms with Crippen LogP contribution >= 0.6 is 0 Å². The van der Waals surface area contributed by atoms with Crippen LogP contribution in [0.5, 0.6) is 0 Å². The summed E-state index contributed by atoms with van der Waals surface area (Å²) in [7, 11) is 0. The first-order valence-electron chi connectivity index (χ1n) is 10.2. The number of nitrogens with zero attached hydrogens (tertiary/aromatic N) is 1. The molecule has 30 heavy (non-hydrogen) atoms. The van der Waals surface area contributed by atoms with Crippen LogP contribution in [0.2, 0.25) is 0 Å². The Balaban J connectivity index is 1.50. The number of benzene rings is 2. The van der Waals surface area contributed by atoms with E-state index in [-0.39, 0.29) is 29.7 Å². The summed E-state index contributed by atoms with van der Waals surface area (Å²) >= 11 is 0. The Labute approximate surface area is 175 Å². The van der Waals surface area contributed by atoms with Crippen molar-refractivity contribution in [2.45, 2.75) is 44.2 Å².